The predicted molar refractivity (Wildman–Crippen MR) is 42.7 cm³/mol. The molecule has 2 unspecified atom stereocenters. The average Bonchev–Trinajstić information content (AvgIpc) is 2.64. The highest BCUT2D eigenvalue weighted by atomic mass is 19.2. The second-order valence-electron chi connectivity index (χ2n) is 2.79. The summed E-state index contributed by atoms with van der Waals surface area (Å²) >= 11 is 0. The summed E-state index contributed by atoms with van der Waals surface area (Å²) in [5, 5.41) is 15.1. The van der Waals surface area contributed by atoms with Gasteiger partial charge in [-0.25, -0.2) is 22.6 Å². The Bertz CT molecular complexity index is 344. The maximum absolute atomic E-state index is 12.9. The molecular formula is C7H8F3N3O2. The molecule has 0 aromatic carbocycles. The molecule has 0 aliphatic carbocycles. The van der Waals surface area contributed by atoms with Gasteiger partial charge in [0.2, 0.25) is 0 Å². The van der Waals surface area contributed by atoms with E-state index in [-0.39, 0.29) is 5.69 Å². The fraction of sp³-hybridized carbons (Fsp3) is 0.571. The number of aromatic carboxylic acids is 1. The van der Waals surface area contributed by atoms with Gasteiger partial charge < -0.3 is 5.11 Å². The Balaban J connectivity index is 2.72. The molecule has 8 heteroatoms. The van der Waals surface area contributed by atoms with Gasteiger partial charge in [0.05, 0.1) is 12.7 Å². The highest BCUT2D eigenvalue weighted by molar-refractivity contribution is 5.85. The molecule has 0 aliphatic rings. The first kappa shape index (κ1) is 11.5. The lowest BCUT2D eigenvalue weighted by molar-refractivity contribution is 0.0674. The molecular weight excluding hydrogens is 215 g/mol. The summed E-state index contributed by atoms with van der Waals surface area (Å²) in [6.45, 7) is -2.13. The Kier molecular flexibility index (Phi) is 3.64. The van der Waals surface area contributed by atoms with Crippen LogP contribution >= 0.6 is 0 Å². The quantitative estimate of drug-likeness (QED) is 0.794. The maximum atomic E-state index is 12.9. The zero-order valence-electron chi connectivity index (χ0n) is 7.48. The second kappa shape index (κ2) is 4.76. The van der Waals surface area contributed by atoms with Crippen LogP contribution in [0.1, 0.15) is 10.5 Å². The van der Waals surface area contributed by atoms with Crippen molar-refractivity contribution in [2.24, 2.45) is 0 Å². The summed E-state index contributed by atoms with van der Waals surface area (Å²) < 4.78 is 37.8. The van der Waals surface area contributed by atoms with Gasteiger partial charge in [-0.3, -0.25) is 0 Å². The smallest absolute Gasteiger partial charge is 0.355 e. The summed E-state index contributed by atoms with van der Waals surface area (Å²) in [4.78, 5) is 10.5. The molecule has 0 saturated heterocycles. The van der Waals surface area contributed by atoms with E-state index in [2.05, 4.69) is 10.3 Å². The zero-order chi connectivity index (χ0) is 11.4. The monoisotopic (exact) mass is 223 g/mol. The molecule has 0 aliphatic heterocycles. The first-order valence-corrected chi connectivity index (χ1v) is 4.02. The summed E-state index contributed by atoms with van der Waals surface area (Å²) in [7, 11) is 0. The molecule has 1 aromatic rings. The number of carboxylic acids is 1. The maximum Gasteiger partial charge on any atom is 0.355 e. The molecule has 0 saturated carbocycles. The number of halogens is 3. The van der Waals surface area contributed by atoms with Crippen LogP contribution in [0.15, 0.2) is 6.20 Å². The van der Waals surface area contributed by atoms with Gasteiger partial charge in [0.25, 0.3) is 0 Å². The van der Waals surface area contributed by atoms with Crippen LogP contribution in [0.3, 0.4) is 0 Å². The van der Waals surface area contributed by atoms with Crippen LogP contribution in [0.25, 0.3) is 0 Å². The second-order valence-corrected chi connectivity index (χ2v) is 2.79. The molecule has 0 fully saturated rings. The number of alkyl halides is 3. The van der Waals surface area contributed by atoms with Gasteiger partial charge in [-0.2, -0.15) is 0 Å². The van der Waals surface area contributed by atoms with Crippen molar-refractivity contribution in [3.8, 4) is 0 Å². The molecule has 84 valence electrons. The van der Waals surface area contributed by atoms with E-state index in [9.17, 15) is 18.0 Å². The summed E-state index contributed by atoms with van der Waals surface area (Å²) in [6.07, 6.45) is -3.52. The van der Waals surface area contributed by atoms with E-state index in [1.54, 1.807) is 0 Å². The largest absolute Gasteiger partial charge is 0.476 e. The standard InChI is InChI=1S/C7H8F3N3O2/c8-1-4(9)5(10)3-13-6(7(14)15)2-11-12-13/h2,4-5H,1,3H2,(H,14,15). The number of carboxylic acid groups (broad SMARTS) is 1. The summed E-state index contributed by atoms with van der Waals surface area (Å²) in [5.41, 5.74) is -0.372. The average molecular weight is 223 g/mol. The lowest BCUT2D eigenvalue weighted by atomic mass is 10.2. The van der Waals surface area contributed by atoms with E-state index < -0.39 is 31.5 Å². The molecule has 0 radical (unpaired) electrons. The third-order valence-corrected chi connectivity index (χ3v) is 1.72. The van der Waals surface area contributed by atoms with Crippen molar-refractivity contribution >= 4 is 5.97 Å². The fourth-order valence-electron chi connectivity index (χ4n) is 0.934. The number of hydrogen-bond donors (Lipinski definition) is 1. The minimum atomic E-state index is -2.28. The van der Waals surface area contributed by atoms with Crippen LogP contribution in [-0.2, 0) is 6.54 Å². The zero-order valence-corrected chi connectivity index (χ0v) is 7.48. The number of nitrogens with zero attached hydrogens (tertiary/aromatic N) is 3. The van der Waals surface area contributed by atoms with Crippen molar-refractivity contribution in [3.63, 3.8) is 0 Å². The number of rotatable bonds is 5. The fourth-order valence-corrected chi connectivity index (χ4v) is 0.934. The molecule has 0 bridgehead atoms. The van der Waals surface area contributed by atoms with Gasteiger partial charge >= 0.3 is 5.97 Å². The highest BCUT2D eigenvalue weighted by Crippen LogP contribution is 2.08. The molecule has 15 heavy (non-hydrogen) atoms. The minimum absolute atomic E-state index is 0.372. The van der Waals surface area contributed by atoms with Crippen LogP contribution in [0.5, 0.6) is 0 Å². The SMILES string of the molecule is O=C(O)c1cnnn1CC(F)C(F)CF. The first-order chi connectivity index (χ1) is 7.06. The molecule has 5 nitrogen and oxygen atoms in total. The van der Waals surface area contributed by atoms with E-state index in [4.69, 9.17) is 5.11 Å². The van der Waals surface area contributed by atoms with Gasteiger partial charge in [0.15, 0.2) is 18.0 Å². The molecule has 0 amide bonds. The van der Waals surface area contributed by atoms with Gasteiger partial charge in [-0.15, -0.1) is 5.10 Å². The predicted octanol–water partition coefficient (Wildman–Crippen LogP) is 0.622. The molecule has 0 spiro atoms. The van der Waals surface area contributed by atoms with E-state index >= 15 is 0 Å². The molecule has 2 atom stereocenters. The Morgan fingerprint density at radius 1 is 1.53 bits per heavy atom. The summed E-state index contributed by atoms with van der Waals surface area (Å²) in [6, 6.07) is 0. The van der Waals surface area contributed by atoms with Gasteiger partial charge in [-0.1, -0.05) is 5.21 Å². The van der Waals surface area contributed by atoms with Crippen molar-refractivity contribution in [3.05, 3.63) is 11.9 Å². The summed E-state index contributed by atoms with van der Waals surface area (Å²) in [5.74, 6) is -1.36. The van der Waals surface area contributed by atoms with Crippen LogP contribution < -0.4 is 0 Å². The van der Waals surface area contributed by atoms with E-state index in [0.29, 0.717) is 4.68 Å². The van der Waals surface area contributed by atoms with Gasteiger partial charge in [0.1, 0.15) is 6.67 Å². The van der Waals surface area contributed by atoms with Crippen molar-refractivity contribution < 1.29 is 23.1 Å². The topological polar surface area (TPSA) is 68.0 Å². The van der Waals surface area contributed by atoms with E-state index in [1.807, 2.05) is 0 Å². The van der Waals surface area contributed by atoms with Crippen molar-refractivity contribution in [1.29, 1.82) is 0 Å². The lowest BCUT2D eigenvalue weighted by Gasteiger charge is -2.10. The first-order valence-electron chi connectivity index (χ1n) is 4.02. The molecule has 1 aromatic heterocycles. The number of carbonyl (C=O) groups is 1. The molecule has 1 rings (SSSR count). The van der Waals surface area contributed by atoms with Crippen LogP contribution in [0, 0.1) is 0 Å². The third kappa shape index (κ3) is 2.67. The Labute approximate surface area is 82.5 Å². The Hall–Kier alpha value is -1.60. The lowest BCUT2D eigenvalue weighted by Crippen LogP contribution is -2.26. The molecule has 1 heterocycles. The Morgan fingerprint density at radius 3 is 2.73 bits per heavy atom. The minimum Gasteiger partial charge on any atom is -0.476 e. The molecule has 1 N–H and O–H groups in total. The highest BCUT2D eigenvalue weighted by Gasteiger charge is 2.23. The number of hydrogen-bond acceptors (Lipinski definition) is 3. The van der Waals surface area contributed by atoms with Crippen molar-refractivity contribution in [1.82, 2.24) is 15.0 Å². The number of aromatic nitrogens is 3. The van der Waals surface area contributed by atoms with Crippen LogP contribution in [0.4, 0.5) is 13.2 Å². The van der Waals surface area contributed by atoms with E-state index in [1.165, 1.54) is 0 Å². The van der Waals surface area contributed by atoms with Gasteiger partial charge in [0, 0.05) is 0 Å². The van der Waals surface area contributed by atoms with Crippen LogP contribution in [0.2, 0.25) is 0 Å². The third-order valence-electron chi connectivity index (χ3n) is 1.72. The van der Waals surface area contributed by atoms with Crippen molar-refractivity contribution in [2.45, 2.75) is 18.9 Å². The Morgan fingerprint density at radius 2 is 2.20 bits per heavy atom. The normalized spacial score (nSPS) is 14.9. The van der Waals surface area contributed by atoms with Gasteiger partial charge in [-0.05, 0) is 0 Å². The van der Waals surface area contributed by atoms with Crippen molar-refractivity contribution in [2.75, 3.05) is 6.67 Å². The van der Waals surface area contributed by atoms with Crippen LogP contribution in [-0.4, -0.2) is 45.1 Å². The van der Waals surface area contributed by atoms with E-state index in [0.717, 1.165) is 6.20 Å².